The highest BCUT2D eigenvalue weighted by molar-refractivity contribution is 7.09. The molecule has 4 heteroatoms. The number of hydrogen-bond acceptors (Lipinski definition) is 4. The molecule has 1 heterocycles. The summed E-state index contributed by atoms with van der Waals surface area (Å²) in [7, 11) is 2.19. The summed E-state index contributed by atoms with van der Waals surface area (Å²) in [5.41, 5.74) is 6.73. The van der Waals surface area contributed by atoms with E-state index < -0.39 is 0 Å². The highest BCUT2D eigenvalue weighted by Gasteiger charge is 2.17. The largest absolute Gasteiger partial charge is 0.325 e. The monoisotopic (exact) mass is 239 g/mol. The summed E-state index contributed by atoms with van der Waals surface area (Å²) in [6, 6.07) is 0. The average molecular weight is 239 g/mol. The molecule has 0 unspecified atom stereocenters. The molecule has 2 N–H and O–H groups in total. The number of nitrogens with two attached hydrogens (primary N) is 1. The van der Waals surface area contributed by atoms with E-state index in [-0.39, 0.29) is 0 Å². The Kier molecular flexibility index (Phi) is 4.32. The third-order valence-corrected chi connectivity index (χ3v) is 4.17. The fourth-order valence-electron chi connectivity index (χ4n) is 2.49. The molecule has 0 atom stereocenters. The standard InChI is InChI=1S/C12H21N3S/c1-15(7-10-4-2-3-5-10)8-11-9-16-12(6-13)14-11/h9-10H,2-8,13H2,1H3. The van der Waals surface area contributed by atoms with Gasteiger partial charge in [0.2, 0.25) is 0 Å². The van der Waals surface area contributed by atoms with Crippen molar-refractivity contribution in [2.45, 2.75) is 38.8 Å². The fourth-order valence-corrected chi connectivity index (χ4v) is 3.16. The first kappa shape index (κ1) is 12.0. The zero-order valence-corrected chi connectivity index (χ0v) is 10.8. The Labute approximate surface area is 102 Å². The normalized spacial score (nSPS) is 17.4. The van der Waals surface area contributed by atoms with Crippen LogP contribution in [0, 0.1) is 5.92 Å². The van der Waals surface area contributed by atoms with E-state index in [2.05, 4.69) is 22.3 Å². The van der Waals surface area contributed by atoms with E-state index in [1.165, 1.54) is 37.9 Å². The van der Waals surface area contributed by atoms with E-state index in [0.717, 1.165) is 17.5 Å². The molecular formula is C12H21N3S. The molecule has 1 aliphatic rings. The smallest absolute Gasteiger partial charge is 0.106 e. The molecule has 0 aliphatic heterocycles. The first-order chi connectivity index (χ1) is 7.78. The van der Waals surface area contributed by atoms with Crippen molar-refractivity contribution in [1.82, 2.24) is 9.88 Å². The van der Waals surface area contributed by atoms with Crippen LogP contribution in [0.5, 0.6) is 0 Å². The van der Waals surface area contributed by atoms with Crippen molar-refractivity contribution in [3.8, 4) is 0 Å². The molecule has 90 valence electrons. The molecule has 0 saturated heterocycles. The Balaban J connectivity index is 1.79. The maximum atomic E-state index is 5.56. The predicted octanol–water partition coefficient (Wildman–Crippen LogP) is 2.22. The first-order valence-electron chi connectivity index (χ1n) is 6.10. The number of aromatic nitrogens is 1. The highest BCUT2D eigenvalue weighted by Crippen LogP contribution is 2.25. The van der Waals surface area contributed by atoms with E-state index in [0.29, 0.717) is 6.54 Å². The Hall–Kier alpha value is -0.450. The number of hydrogen-bond donors (Lipinski definition) is 1. The summed E-state index contributed by atoms with van der Waals surface area (Å²) in [6.45, 7) is 2.75. The van der Waals surface area contributed by atoms with E-state index in [1.54, 1.807) is 11.3 Å². The van der Waals surface area contributed by atoms with Crippen LogP contribution in [0.25, 0.3) is 0 Å². The molecule has 0 radical (unpaired) electrons. The van der Waals surface area contributed by atoms with Gasteiger partial charge in [0.1, 0.15) is 5.01 Å². The van der Waals surface area contributed by atoms with Crippen molar-refractivity contribution < 1.29 is 0 Å². The van der Waals surface area contributed by atoms with Crippen LogP contribution in [-0.4, -0.2) is 23.5 Å². The first-order valence-corrected chi connectivity index (χ1v) is 6.98. The number of thiazole rings is 1. The van der Waals surface area contributed by atoms with Crippen molar-refractivity contribution in [2.75, 3.05) is 13.6 Å². The molecule has 1 aliphatic carbocycles. The minimum atomic E-state index is 0.566. The topological polar surface area (TPSA) is 42.1 Å². The number of rotatable bonds is 5. The summed E-state index contributed by atoms with van der Waals surface area (Å²) in [5, 5.41) is 3.18. The Bertz CT molecular complexity index is 318. The van der Waals surface area contributed by atoms with Gasteiger partial charge in [0.25, 0.3) is 0 Å². The van der Waals surface area contributed by atoms with Crippen LogP contribution in [0.3, 0.4) is 0 Å². The van der Waals surface area contributed by atoms with Crippen LogP contribution in [0.4, 0.5) is 0 Å². The molecule has 1 aromatic heterocycles. The lowest BCUT2D eigenvalue weighted by Crippen LogP contribution is -2.24. The van der Waals surface area contributed by atoms with Gasteiger partial charge < -0.3 is 10.6 Å². The molecule has 3 nitrogen and oxygen atoms in total. The van der Waals surface area contributed by atoms with Crippen LogP contribution >= 0.6 is 11.3 Å². The molecule has 0 amide bonds. The SMILES string of the molecule is CN(Cc1csc(CN)n1)CC1CCCC1. The maximum Gasteiger partial charge on any atom is 0.106 e. The Morgan fingerprint density at radius 2 is 2.25 bits per heavy atom. The number of nitrogens with zero attached hydrogens (tertiary/aromatic N) is 2. The van der Waals surface area contributed by atoms with Crippen molar-refractivity contribution in [1.29, 1.82) is 0 Å². The third kappa shape index (κ3) is 3.27. The van der Waals surface area contributed by atoms with Crippen LogP contribution in [0.1, 0.15) is 36.4 Å². The minimum absolute atomic E-state index is 0.566. The molecule has 1 fully saturated rings. The lowest BCUT2D eigenvalue weighted by Gasteiger charge is -2.19. The van der Waals surface area contributed by atoms with Crippen LogP contribution in [0.2, 0.25) is 0 Å². The molecule has 2 rings (SSSR count). The van der Waals surface area contributed by atoms with Gasteiger partial charge in [0, 0.05) is 25.0 Å². The minimum Gasteiger partial charge on any atom is -0.325 e. The van der Waals surface area contributed by atoms with Gasteiger partial charge in [-0.15, -0.1) is 11.3 Å². The van der Waals surface area contributed by atoms with E-state index in [4.69, 9.17) is 5.73 Å². The van der Waals surface area contributed by atoms with Crippen molar-refractivity contribution in [2.24, 2.45) is 11.7 Å². The Morgan fingerprint density at radius 1 is 1.50 bits per heavy atom. The van der Waals surface area contributed by atoms with Gasteiger partial charge >= 0.3 is 0 Å². The second kappa shape index (κ2) is 5.75. The average Bonchev–Trinajstić information content (AvgIpc) is 2.89. The fraction of sp³-hybridized carbons (Fsp3) is 0.750. The van der Waals surface area contributed by atoms with Crippen LogP contribution in [0.15, 0.2) is 5.38 Å². The zero-order valence-electron chi connectivity index (χ0n) is 9.98. The summed E-state index contributed by atoms with van der Waals surface area (Å²) in [4.78, 5) is 6.89. The quantitative estimate of drug-likeness (QED) is 0.856. The highest BCUT2D eigenvalue weighted by atomic mass is 32.1. The van der Waals surface area contributed by atoms with Crippen LogP contribution in [-0.2, 0) is 13.1 Å². The van der Waals surface area contributed by atoms with Gasteiger partial charge in [-0.25, -0.2) is 4.98 Å². The summed E-state index contributed by atoms with van der Waals surface area (Å²) in [5.74, 6) is 0.914. The van der Waals surface area contributed by atoms with Crippen molar-refractivity contribution in [3.63, 3.8) is 0 Å². The summed E-state index contributed by atoms with van der Waals surface area (Å²) < 4.78 is 0. The molecule has 0 aromatic carbocycles. The van der Waals surface area contributed by atoms with E-state index >= 15 is 0 Å². The maximum absolute atomic E-state index is 5.56. The predicted molar refractivity (Wildman–Crippen MR) is 68.3 cm³/mol. The van der Waals surface area contributed by atoms with Gasteiger partial charge in [0.05, 0.1) is 5.69 Å². The lowest BCUT2D eigenvalue weighted by molar-refractivity contribution is 0.269. The van der Waals surface area contributed by atoms with Gasteiger partial charge in [0.15, 0.2) is 0 Å². The van der Waals surface area contributed by atoms with Crippen molar-refractivity contribution >= 4 is 11.3 Å². The molecular weight excluding hydrogens is 218 g/mol. The summed E-state index contributed by atoms with van der Waals surface area (Å²) >= 11 is 1.67. The molecule has 0 bridgehead atoms. The van der Waals surface area contributed by atoms with Gasteiger partial charge in [-0.1, -0.05) is 12.8 Å². The lowest BCUT2D eigenvalue weighted by atomic mass is 10.1. The van der Waals surface area contributed by atoms with Gasteiger partial charge in [-0.2, -0.15) is 0 Å². The van der Waals surface area contributed by atoms with E-state index in [9.17, 15) is 0 Å². The van der Waals surface area contributed by atoms with Crippen LogP contribution < -0.4 is 5.73 Å². The van der Waals surface area contributed by atoms with Gasteiger partial charge in [-0.3, -0.25) is 0 Å². The van der Waals surface area contributed by atoms with Gasteiger partial charge in [-0.05, 0) is 25.8 Å². The van der Waals surface area contributed by atoms with E-state index in [1.807, 2.05) is 0 Å². The Morgan fingerprint density at radius 3 is 2.88 bits per heavy atom. The van der Waals surface area contributed by atoms with Crippen molar-refractivity contribution in [3.05, 3.63) is 16.1 Å². The second-order valence-corrected chi connectivity index (χ2v) is 5.73. The molecule has 1 aromatic rings. The second-order valence-electron chi connectivity index (χ2n) is 4.78. The molecule has 1 saturated carbocycles. The molecule has 16 heavy (non-hydrogen) atoms. The third-order valence-electron chi connectivity index (χ3n) is 3.25. The molecule has 0 spiro atoms. The summed E-state index contributed by atoms with van der Waals surface area (Å²) in [6.07, 6.45) is 5.67. The zero-order chi connectivity index (χ0) is 11.4.